The third kappa shape index (κ3) is 3.27. The van der Waals surface area contributed by atoms with Crippen LogP contribution in [0, 0.1) is 24.2 Å². The highest BCUT2D eigenvalue weighted by Crippen LogP contribution is 2.24. The summed E-state index contributed by atoms with van der Waals surface area (Å²) >= 11 is 0. The molecule has 1 atom stereocenters. The predicted molar refractivity (Wildman–Crippen MR) is 93.6 cm³/mol. The highest BCUT2D eigenvalue weighted by molar-refractivity contribution is 5.98. The maximum atomic E-state index is 12.7. The second kappa shape index (κ2) is 7.02. The first-order valence-electron chi connectivity index (χ1n) is 8.47. The molecule has 0 bridgehead atoms. The Bertz CT molecular complexity index is 770. The molecule has 4 heteroatoms. The average Bonchev–Trinajstić information content (AvgIpc) is 2.90. The minimum Gasteiger partial charge on any atom is -0.340 e. The van der Waals surface area contributed by atoms with E-state index in [1.165, 1.54) is 5.56 Å². The van der Waals surface area contributed by atoms with Gasteiger partial charge in [0.05, 0.1) is 0 Å². The minimum atomic E-state index is 0.0700. The van der Waals surface area contributed by atoms with E-state index in [9.17, 15) is 10.1 Å². The third-order valence-corrected chi connectivity index (χ3v) is 5.08. The number of carbonyl (C=O) groups is 1. The van der Waals surface area contributed by atoms with Gasteiger partial charge in [-0.15, -0.1) is 0 Å². The van der Waals surface area contributed by atoms with Crippen LogP contribution in [0.4, 0.5) is 0 Å². The zero-order valence-corrected chi connectivity index (χ0v) is 14.3. The first-order valence-corrected chi connectivity index (χ1v) is 8.47. The van der Waals surface area contributed by atoms with Crippen LogP contribution in [0.25, 0.3) is 0 Å². The third-order valence-electron chi connectivity index (χ3n) is 5.08. The van der Waals surface area contributed by atoms with Crippen molar-refractivity contribution in [2.75, 3.05) is 13.1 Å². The van der Waals surface area contributed by atoms with Gasteiger partial charge < -0.3 is 4.57 Å². The Kier molecular flexibility index (Phi) is 4.82. The van der Waals surface area contributed by atoms with Crippen molar-refractivity contribution in [3.63, 3.8) is 0 Å². The standard InChI is InChI=1S/C20H23N3O/c1-15-18(11-19(12-21)22(15)2)14-23-10-6-9-17(13-23)20(24)16-7-4-3-5-8-16/h3-5,7-8,11,17H,6,9-10,13-14H2,1-2H3/t17-/m1/s1. The van der Waals surface area contributed by atoms with Crippen molar-refractivity contribution < 1.29 is 4.79 Å². The molecule has 1 fully saturated rings. The number of aromatic nitrogens is 1. The molecule has 124 valence electrons. The maximum absolute atomic E-state index is 12.7. The fourth-order valence-corrected chi connectivity index (χ4v) is 3.52. The first-order chi connectivity index (χ1) is 11.6. The number of benzene rings is 1. The summed E-state index contributed by atoms with van der Waals surface area (Å²) in [6.07, 6.45) is 2.00. The number of nitriles is 1. The van der Waals surface area contributed by atoms with Gasteiger partial charge in [0.1, 0.15) is 11.8 Å². The van der Waals surface area contributed by atoms with Crippen LogP contribution in [0.2, 0.25) is 0 Å². The van der Waals surface area contributed by atoms with Crippen LogP contribution in [0.15, 0.2) is 36.4 Å². The Morgan fingerprint density at radius 2 is 2.08 bits per heavy atom. The number of ketones is 1. The van der Waals surface area contributed by atoms with E-state index in [0.717, 1.165) is 43.7 Å². The van der Waals surface area contributed by atoms with Crippen LogP contribution < -0.4 is 0 Å². The second-order valence-electron chi connectivity index (χ2n) is 6.62. The second-order valence-corrected chi connectivity index (χ2v) is 6.62. The molecule has 1 saturated heterocycles. The number of rotatable bonds is 4. The van der Waals surface area contributed by atoms with Gasteiger partial charge in [-0.2, -0.15) is 5.26 Å². The van der Waals surface area contributed by atoms with Crippen LogP contribution >= 0.6 is 0 Å². The molecular weight excluding hydrogens is 298 g/mol. The lowest BCUT2D eigenvalue weighted by Gasteiger charge is -2.32. The van der Waals surface area contributed by atoms with Crippen molar-refractivity contribution in [3.05, 3.63) is 58.9 Å². The molecule has 1 aromatic heterocycles. The minimum absolute atomic E-state index is 0.0700. The quantitative estimate of drug-likeness (QED) is 0.812. The fourth-order valence-electron chi connectivity index (χ4n) is 3.52. The largest absolute Gasteiger partial charge is 0.340 e. The van der Waals surface area contributed by atoms with Crippen LogP contribution in [0.3, 0.4) is 0 Å². The van der Waals surface area contributed by atoms with E-state index >= 15 is 0 Å². The Balaban J connectivity index is 1.70. The van der Waals surface area contributed by atoms with E-state index in [-0.39, 0.29) is 11.7 Å². The van der Waals surface area contributed by atoms with Crippen molar-refractivity contribution >= 4 is 5.78 Å². The number of hydrogen-bond acceptors (Lipinski definition) is 3. The number of hydrogen-bond donors (Lipinski definition) is 0. The van der Waals surface area contributed by atoms with Crippen molar-refractivity contribution in [2.45, 2.75) is 26.3 Å². The van der Waals surface area contributed by atoms with E-state index in [2.05, 4.69) is 11.0 Å². The molecule has 2 heterocycles. The summed E-state index contributed by atoms with van der Waals surface area (Å²) in [5, 5.41) is 9.17. The molecule has 0 aliphatic carbocycles. The Hall–Kier alpha value is -2.38. The van der Waals surface area contributed by atoms with Crippen LogP contribution in [0.1, 0.15) is 40.2 Å². The van der Waals surface area contributed by atoms with Crippen LogP contribution in [0.5, 0.6) is 0 Å². The molecule has 3 rings (SSSR count). The number of carbonyl (C=O) groups excluding carboxylic acids is 1. The van der Waals surface area contributed by atoms with Gasteiger partial charge in [-0.05, 0) is 37.9 Å². The SMILES string of the molecule is Cc1c(CN2CCC[C@@H](C(=O)c3ccccc3)C2)cc(C#N)n1C. The zero-order chi connectivity index (χ0) is 17.1. The van der Waals surface area contributed by atoms with E-state index in [1.807, 2.05) is 54.9 Å². The van der Waals surface area contributed by atoms with E-state index in [0.29, 0.717) is 5.69 Å². The van der Waals surface area contributed by atoms with Gasteiger partial charge in [-0.25, -0.2) is 0 Å². The molecule has 0 radical (unpaired) electrons. The molecular formula is C20H23N3O. The molecule has 0 saturated carbocycles. The molecule has 0 unspecified atom stereocenters. The molecule has 24 heavy (non-hydrogen) atoms. The average molecular weight is 321 g/mol. The van der Waals surface area contributed by atoms with Crippen molar-refractivity contribution in [2.24, 2.45) is 13.0 Å². The zero-order valence-electron chi connectivity index (χ0n) is 14.3. The molecule has 1 aliphatic rings. The Morgan fingerprint density at radius 1 is 1.33 bits per heavy atom. The molecule has 1 aliphatic heterocycles. The molecule has 1 aromatic carbocycles. The summed E-state index contributed by atoms with van der Waals surface area (Å²) < 4.78 is 1.94. The lowest BCUT2D eigenvalue weighted by Crippen LogP contribution is -2.38. The summed E-state index contributed by atoms with van der Waals surface area (Å²) in [7, 11) is 1.93. The number of piperidine rings is 1. The number of likely N-dealkylation sites (tertiary alicyclic amines) is 1. The van der Waals surface area contributed by atoms with Crippen LogP contribution in [-0.2, 0) is 13.6 Å². The van der Waals surface area contributed by atoms with Gasteiger partial charge in [0.15, 0.2) is 5.78 Å². The smallest absolute Gasteiger partial charge is 0.167 e. The number of nitrogens with zero attached hydrogens (tertiary/aromatic N) is 3. The summed E-state index contributed by atoms with van der Waals surface area (Å²) in [5.41, 5.74) is 3.81. The summed E-state index contributed by atoms with van der Waals surface area (Å²) in [6.45, 7) is 4.66. The lowest BCUT2D eigenvalue weighted by atomic mass is 9.90. The summed E-state index contributed by atoms with van der Waals surface area (Å²) in [6, 6.07) is 13.8. The molecule has 2 aromatic rings. The monoisotopic (exact) mass is 321 g/mol. The predicted octanol–water partition coefficient (Wildman–Crippen LogP) is 3.30. The van der Waals surface area contributed by atoms with Gasteiger partial charge in [-0.3, -0.25) is 9.69 Å². The summed E-state index contributed by atoms with van der Waals surface area (Å²) in [5.74, 6) is 0.323. The highest BCUT2D eigenvalue weighted by atomic mass is 16.1. The number of Topliss-reactive ketones (excluding diaryl/α,β-unsaturated/α-hetero) is 1. The van der Waals surface area contributed by atoms with Gasteiger partial charge in [0.25, 0.3) is 0 Å². The van der Waals surface area contributed by atoms with E-state index in [4.69, 9.17) is 0 Å². The molecule has 0 spiro atoms. The Morgan fingerprint density at radius 3 is 2.75 bits per heavy atom. The van der Waals surface area contributed by atoms with Gasteiger partial charge >= 0.3 is 0 Å². The molecule has 0 N–H and O–H groups in total. The van der Waals surface area contributed by atoms with Gasteiger partial charge in [-0.1, -0.05) is 30.3 Å². The highest BCUT2D eigenvalue weighted by Gasteiger charge is 2.27. The maximum Gasteiger partial charge on any atom is 0.167 e. The van der Waals surface area contributed by atoms with E-state index < -0.39 is 0 Å². The topological polar surface area (TPSA) is 49.0 Å². The molecule has 0 amide bonds. The van der Waals surface area contributed by atoms with Gasteiger partial charge in [0.2, 0.25) is 0 Å². The van der Waals surface area contributed by atoms with Crippen molar-refractivity contribution in [1.29, 1.82) is 5.26 Å². The van der Waals surface area contributed by atoms with Crippen molar-refractivity contribution in [1.82, 2.24) is 9.47 Å². The fraction of sp³-hybridized carbons (Fsp3) is 0.400. The summed E-state index contributed by atoms with van der Waals surface area (Å²) in [4.78, 5) is 15.0. The van der Waals surface area contributed by atoms with E-state index in [1.54, 1.807) is 0 Å². The first kappa shape index (κ1) is 16.5. The van der Waals surface area contributed by atoms with Crippen molar-refractivity contribution in [3.8, 4) is 6.07 Å². The Labute approximate surface area is 143 Å². The van der Waals surface area contributed by atoms with Crippen LogP contribution in [-0.4, -0.2) is 28.3 Å². The van der Waals surface area contributed by atoms with Gasteiger partial charge in [0, 0.05) is 37.3 Å². The lowest BCUT2D eigenvalue weighted by molar-refractivity contribution is 0.0811. The molecule has 4 nitrogen and oxygen atoms in total. The normalized spacial score (nSPS) is 18.3.